The molecule has 1 aliphatic heterocycles. The summed E-state index contributed by atoms with van der Waals surface area (Å²) in [5.74, 6) is -0.824. The molecule has 0 bridgehead atoms. The highest BCUT2D eigenvalue weighted by Crippen LogP contribution is 2.30. The van der Waals surface area contributed by atoms with Gasteiger partial charge in [0, 0.05) is 36.2 Å². The number of rotatable bonds is 7. The van der Waals surface area contributed by atoms with Gasteiger partial charge in [0.15, 0.2) is 0 Å². The van der Waals surface area contributed by atoms with E-state index >= 15 is 0 Å². The fourth-order valence-corrected chi connectivity index (χ4v) is 5.81. The quantitative estimate of drug-likeness (QED) is 0.449. The van der Waals surface area contributed by atoms with E-state index in [2.05, 4.69) is 26.9 Å². The van der Waals surface area contributed by atoms with Gasteiger partial charge < -0.3 is 19.9 Å². The molecule has 8 heteroatoms. The molecule has 0 radical (unpaired) electrons. The molecule has 2 N–H and O–H groups in total. The number of carboxylic acid groups (broad SMARTS) is 1. The van der Waals surface area contributed by atoms with Gasteiger partial charge in [-0.2, -0.15) is 0 Å². The Balaban J connectivity index is 1.29. The van der Waals surface area contributed by atoms with Crippen LogP contribution in [0.1, 0.15) is 61.0 Å². The molecular formula is C28H33ClN4O3. The Hall–Kier alpha value is -3.06. The number of fused-ring (bicyclic) bond motifs is 1. The molecule has 190 valence electrons. The maximum atomic E-state index is 13.3. The predicted octanol–water partition coefficient (Wildman–Crippen LogP) is 5.35. The van der Waals surface area contributed by atoms with Crippen molar-refractivity contribution in [2.24, 2.45) is 11.8 Å². The van der Waals surface area contributed by atoms with Crippen molar-refractivity contribution < 1.29 is 14.7 Å². The van der Waals surface area contributed by atoms with E-state index in [1.807, 2.05) is 24.5 Å². The first-order chi connectivity index (χ1) is 17.5. The number of nitrogens with one attached hydrogen (secondary N) is 1. The largest absolute Gasteiger partial charge is 0.481 e. The molecule has 5 rings (SSSR count). The van der Waals surface area contributed by atoms with E-state index in [0.717, 1.165) is 42.5 Å². The lowest BCUT2D eigenvalue weighted by Gasteiger charge is -2.28. The van der Waals surface area contributed by atoms with Gasteiger partial charge in [-0.25, -0.2) is 0 Å². The lowest BCUT2D eigenvalue weighted by Crippen LogP contribution is -2.32. The van der Waals surface area contributed by atoms with Gasteiger partial charge in [-0.05, 0) is 81.2 Å². The topological polar surface area (TPSA) is 87.5 Å². The number of nitrogens with zero attached hydrogens (tertiary/aromatic N) is 3. The maximum absolute atomic E-state index is 13.3. The fraction of sp³-hybridized carbons (Fsp3) is 0.464. The predicted molar refractivity (Wildman–Crippen MR) is 142 cm³/mol. The normalized spacial score (nSPS) is 20.4. The van der Waals surface area contributed by atoms with Crippen LogP contribution in [0.15, 0.2) is 42.7 Å². The molecular weight excluding hydrogens is 476 g/mol. The highest BCUT2D eigenvalue weighted by Gasteiger charge is 2.26. The first kappa shape index (κ1) is 24.6. The molecule has 3 heterocycles. The second kappa shape index (κ2) is 10.9. The van der Waals surface area contributed by atoms with Crippen molar-refractivity contribution in [3.63, 3.8) is 0 Å². The van der Waals surface area contributed by atoms with E-state index in [0.29, 0.717) is 42.4 Å². The summed E-state index contributed by atoms with van der Waals surface area (Å²) in [5.41, 5.74) is 3.49. The minimum atomic E-state index is -0.713. The first-order valence-electron chi connectivity index (χ1n) is 13.0. The van der Waals surface area contributed by atoms with Crippen molar-refractivity contribution in [1.29, 1.82) is 0 Å². The molecule has 1 saturated heterocycles. The summed E-state index contributed by atoms with van der Waals surface area (Å²) in [6, 6.07) is 9.79. The molecule has 0 unspecified atom stereocenters. The Morgan fingerprint density at radius 1 is 1.06 bits per heavy atom. The molecule has 36 heavy (non-hydrogen) atoms. The van der Waals surface area contributed by atoms with Crippen molar-refractivity contribution in [2.75, 3.05) is 24.5 Å². The van der Waals surface area contributed by atoms with E-state index < -0.39 is 5.97 Å². The van der Waals surface area contributed by atoms with Crippen molar-refractivity contribution in [1.82, 2.24) is 14.9 Å². The molecule has 2 aliphatic rings. The van der Waals surface area contributed by atoms with Crippen LogP contribution in [-0.4, -0.2) is 46.2 Å². The number of amides is 1. The molecule has 1 saturated carbocycles. The van der Waals surface area contributed by atoms with Gasteiger partial charge in [0.2, 0.25) is 0 Å². The summed E-state index contributed by atoms with van der Waals surface area (Å²) in [5, 5.41) is 13.7. The van der Waals surface area contributed by atoms with Crippen LogP contribution in [0.5, 0.6) is 0 Å². The van der Waals surface area contributed by atoms with E-state index in [9.17, 15) is 14.7 Å². The Morgan fingerprint density at radius 2 is 1.83 bits per heavy atom. The zero-order chi connectivity index (χ0) is 25.1. The number of benzene rings is 1. The van der Waals surface area contributed by atoms with Crippen LogP contribution >= 0.6 is 11.6 Å². The maximum Gasteiger partial charge on any atom is 0.306 e. The molecule has 3 aromatic rings. The van der Waals surface area contributed by atoms with Crippen LogP contribution in [0.4, 0.5) is 5.69 Å². The molecule has 7 nitrogen and oxygen atoms in total. The average molecular weight is 509 g/mol. The molecule has 1 amide bonds. The zero-order valence-electron chi connectivity index (χ0n) is 20.5. The van der Waals surface area contributed by atoms with Crippen molar-refractivity contribution in [2.45, 2.75) is 51.5 Å². The van der Waals surface area contributed by atoms with Gasteiger partial charge in [0.25, 0.3) is 5.91 Å². The van der Waals surface area contributed by atoms with E-state index in [1.165, 1.54) is 24.9 Å². The molecule has 0 spiro atoms. The van der Waals surface area contributed by atoms with Gasteiger partial charge in [-0.15, -0.1) is 0 Å². The summed E-state index contributed by atoms with van der Waals surface area (Å²) < 4.78 is 2.06. The number of hydrogen-bond donors (Lipinski definition) is 2. The van der Waals surface area contributed by atoms with Gasteiger partial charge in [-0.3, -0.25) is 14.6 Å². The highest BCUT2D eigenvalue weighted by atomic mass is 35.5. The van der Waals surface area contributed by atoms with Crippen LogP contribution in [0.3, 0.4) is 0 Å². The number of pyridine rings is 1. The summed E-state index contributed by atoms with van der Waals surface area (Å²) in [6.07, 6.45) is 10.7. The van der Waals surface area contributed by atoms with Crippen molar-refractivity contribution in [3.05, 3.63) is 59.0 Å². The summed E-state index contributed by atoms with van der Waals surface area (Å²) in [7, 11) is 0. The van der Waals surface area contributed by atoms with Crippen LogP contribution < -0.4 is 10.2 Å². The number of carbonyl (C=O) groups is 2. The SMILES string of the molecule is O=C(NCC1CCC(C(=O)O)CC1)c1cc(Cl)cc2ccn(Cc3ccc(N4CCCCC4)cn3)c12. The summed E-state index contributed by atoms with van der Waals surface area (Å²) in [4.78, 5) is 31.6. The molecule has 2 aromatic heterocycles. The Morgan fingerprint density at radius 3 is 2.53 bits per heavy atom. The number of piperidine rings is 1. The highest BCUT2D eigenvalue weighted by molar-refractivity contribution is 6.32. The van der Waals surface area contributed by atoms with E-state index in [1.54, 1.807) is 6.07 Å². The second-order valence-electron chi connectivity index (χ2n) is 10.2. The Kier molecular flexibility index (Phi) is 7.46. The standard InChI is InChI=1S/C28H33ClN4O3/c29-22-14-21-10-13-33(18-23-8-9-24(17-30-23)32-11-2-1-3-12-32)26(21)25(15-22)27(34)31-16-19-4-6-20(7-5-19)28(35)36/h8-10,13-15,17,19-20H,1-7,11-12,16,18H2,(H,31,34)(H,35,36). The van der Waals surface area contributed by atoms with Crippen LogP contribution in [0.25, 0.3) is 10.9 Å². The van der Waals surface area contributed by atoms with Crippen LogP contribution in [0, 0.1) is 11.8 Å². The van der Waals surface area contributed by atoms with Gasteiger partial charge in [0.05, 0.1) is 41.1 Å². The molecule has 0 atom stereocenters. The monoisotopic (exact) mass is 508 g/mol. The summed E-state index contributed by atoms with van der Waals surface area (Å²) in [6.45, 7) is 3.28. The lowest BCUT2D eigenvalue weighted by atomic mass is 9.82. The third-order valence-corrected chi connectivity index (χ3v) is 7.90. The number of carbonyl (C=O) groups excluding carboxylic acids is 1. The minimum Gasteiger partial charge on any atom is -0.481 e. The summed E-state index contributed by atoms with van der Waals surface area (Å²) >= 11 is 6.36. The number of halogens is 1. The van der Waals surface area contributed by atoms with E-state index in [-0.39, 0.29) is 11.8 Å². The zero-order valence-corrected chi connectivity index (χ0v) is 21.2. The first-order valence-corrected chi connectivity index (χ1v) is 13.3. The number of anilines is 1. The van der Waals surface area contributed by atoms with Gasteiger partial charge >= 0.3 is 5.97 Å². The van der Waals surface area contributed by atoms with Crippen molar-refractivity contribution >= 4 is 40.1 Å². The van der Waals surface area contributed by atoms with Crippen LogP contribution in [0.2, 0.25) is 5.02 Å². The smallest absolute Gasteiger partial charge is 0.306 e. The number of hydrogen-bond acceptors (Lipinski definition) is 4. The van der Waals surface area contributed by atoms with E-state index in [4.69, 9.17) is 16.6 Å². The number of aromatic nitrogens is 2. The lowest BCUT2D eigenvalue weighted by molar-refractivity contribution is -0.143. The Labute approximate surface area is 216 Å². The fourth-order valence-electron chi connectivity index (χ4n) is 5.59. The minimum absolute atomic E-state index is 0.156. The second-order valence-corrected chi connectivity index (χ2v) is 10.6. The third kappa shape index (κ3) is 5.51. The number of carboxylic acids is 1. The third-order valence-electron chi connectivity index (χ3n) is 7.68. The van der Waals surface area contributed by atoms with Gasteiger partial charge in [-0.1, -0.05) is 11.6 Å². The van der Waals surface area contributed by atoms with Crippen molar-refractivity contribution in [3.8, 4) is 0 Å². The average Bonchev–Trinajstić information content (AvgIpc) is 3.30. The van der Waals surface area contributed by atoms with Gasteiger partial charge in [0.1, 0.15) is 0 Å². The molecule has 1 aromatic carbocycles. The Bertz CT molecular complexity index is 1230. The van der Waals surface area contributed by atoms with Crippen LogP contribution in [-0.2, 0) is 11.3 Å². The number of aliphatic carboxylic acids is 1. The molecule has 1 aliphatic carbocycles. The molecule has 2 fully saturated rings.